The van der Waals surface area contributed by atoms with Crippen LogP contribution in [0.2, 0.25) is 0 Å². The summed E-state index contributed by atoms with van der Waals surface area (Å²) in [6, 6.07) is -6.06. The predicted octanol–water partition coefficient (Wildman–Crippen LogP) is 2.80. The molecule has 67 heavy (non-hydrogen) atoms. The number of nitrogens with zero attached hydrogens (tertiary/aromatic N) is 1. The van der Waals surface area contributed by atoms with E-state index in [2.05, 4.69) is 59.6 Å². The van der Waals surface area contributed by atoms with Crippen molar-refractivity contribution in [1.82, 2.24) is 36.8 Å². The van der Waals surface area contributed by atoms with Crippen molar-refractivity contribution in [2.75, 3.05) is 20.2 Å². The number of unbranched alkanes of at least 4 members (excludes halogenated alkanes) is 10. The summed E-state index contributed by atoms with van der Waals surface area (Å²) < 4.78 is 12.9. The Kier molecular flexibility index (Phi) is 23.0. The summed E-state index contributed by atoms with van der Waals surface area (Å²) in [5, 5.41) is 36.0. The van der Waals surface area contributed by atoms with E-state index in [9.17, 15) is 43.8 Å². The van der Waals surface area contributed by atoms with Crippen molar-refractivity contribution in [3.05, 3.63) is 0 Å². The number of hydrogen-bond acceptors (Lipinski definition) is 11. The molecule has 4 rings (SSSR count). The van der Waals surface area contributed by atoms with Crippen LogP contribution >= 0.6 is 0 Å². The van der Waals surface area contributed by atoms with Crippen LogP contribution in [0.4, 0.5) is 0 Å². The van der Waals surface area contributed by atoms with E-state index in [4.69, 9.17) is 9.31 Å². The number of amides is 7. The van der Waals surface area contributed by atoms with Crippen LogP contribution in [0.3, 0.4) is 0 Å². The lowest BCUT2D eigenvalue weighted by atomic mass is 9.43. The topological polar surface area (TPSA) is 254 Å². The highest BCUT2D eigenvalue weighted by molar-refractivity contribution is 6.47. The quantitative estimate of drug-likeness (QED) is 0.0384. The monoisotopic (exact) mass is 948 g/mol. The first-order valence-corrected chi connectivity index (χ1v) is 25.1. The Hall–Kier alpha value is -3.81. The zero-order valence-corrected chi connectivity index (χ0v) is 42.5. The van der Waals surface area contributed by atoms with Gasteiger partial charge in [-0.25, -0.2) is 0 Å². The van der Waals surface area contributed by atoms with E-state index >= 15 is 0 Å². The summed E-state index contributed by atoms with van der Waals surface area (Å²) in [6.07, 6.45) is 13.5. The number of nitrogens with one attached hydrogen (secondary N) is 6. The Morgan fingerprint density at radius 1 is 0.701 bits per heavy atom. The van der Waals surface area contributed by atoms with Crippen molar-refractivity contribution in [1.29, 1.82) is 0 Å². The second-order valence-electron chi connectivity index (χ2n) is 20.8. The molecule has 19 heteroatoms. The number of hydrogen-bond donors (Lipinski definition) is 8. The molecular weight excluding hydrogens is 861 g/mol. The first-order chi connectivity index (χ1) is 31.5. The van der Waals surface area contributed by atoms with Crippen molar-refractivity contribution >= 4 is 48.5 Å². The molecule has 382 valence electrons. The van der Waals surface area contributed by atoms with Crippen LogP contribution < -0.4 is 31.9 Å². The third-order valence-electron chi connectivity index (χ3n) is 14.4. The van der Waals surface area contributed by atoms with Gasteiger partial charge in [-0.3, -0.25) is 33.6 Å². The van der Waals surface area contributed by atoms with Crippen LogP contribution in [0.1, 0.15) is 166 Å². The van der Waals surface area contributed by atoms with Crippen molar-refractivity contribution in [3.8, 4) is 0 Å². The SMILES string of the molecule is CCCCCCCCCCCCCC(=O)N[C@H](CO)C(=O)N[C@H](C)C(=O)NCC(=O)N(C)C(C(=O)N[C@@H](C)C(=O)NC(CC(C)C)C(=O)N[C@@H](C)B1OC2C[C@@H]3C[C@@H](C3(C)C)[C@]2(C)O1)C(C)O. The molecule has 4 unspecified atom stereocenters. The molecule has 1 aliphatic heterocycles. The van der Waals surface area contributed by atoms with Gasteiger partial charge in [-0.1, -0.05) is 98.8 Å². The second kappa shape index (κ2) is 26.8. The van der Waals surface area contributed by atoms with E-state index in [1.165, 1.54) is 72.8 Å². The van der Waals surface area contributed by atoms with Crippen LogP contribution in [-0.4, -0.2) is 138 Å². The minimum atomic E-state index is -1.47. The van der Waals surface area contributed by atoms with Crippen molar-refractivity contribution in [2.45, 2.75) is 220 Å². The summed E-state index contributed by atoms with van der Waals surface area (Å²) in [4.78, 5) is 93.0. The highest BCUT2D eigenvalue weighted by Crippen LogP contribution is 2.65. The van der Waals surface area contributed by atoms with Gasteiger partial charge in [0.1, 0.15) is 30.2 Å². The highest BCUT2D eigenvalue weighted by atomic mass is 16.7. The molecule has 0 spiro atoms. The zero-order chi connectivity index (χ0) is 50.2. The van der Waals surface area contributed by atoms with Crippen molar-refractivity contribution in [3.63, 3.8) is 0 Å². The van der Waals surface area contributed by atoms with Crippen molar-refractivity contribution in [2.24, 2.45) is 23.2 Å². The summed E-state index contributed by atoms with van der Waals surface area (Å²) in [5.41, 5.74) is -0.289. The third-order valence-corrected chi connectivity index (χ3v) is 14.4. The summed E-state index contributed by atoms with van der Waals surface area (Å²) in [5.74, 6) is -4.21. The number of rotatable bonds is 30. The lowest BCUT2D eigenvalue weighted by molar-refractivity contribution is -0.199. The van der Waals surface area contributed by atoms with Gasteiger partial charge in [0.25, 0.3) is 0 Å². The Balaban J connectivity index is 1.43. The van der Waals surface area contributed by atoms with Crippen LogP contribution in [0, 0.1) is 23.2 Å². The largest absolute Gasteiger partial charge is 0.481 e. The number of likely N-dealkylation sites (N-methyl/N-ethyl adjacent to an activating group) is 1. The zero-order valence-electron chi connectivity index (χ0n) is 42.5. The molecule has 0 radical (unpaired) electrons. The molecule has 4 aliphatic rings. The fourth-order valence-corrected chi connectivity index (χ4v) is 9.98. The van der Waals surface area contributed by atoms with E-state index < -0.39 is 104 Å². The van der Waals surface area contributed by atoms with Crippen LogP contribution in [0.5, 0.6) is 0 Å². The predicted molar refractivity (Wildman–Crippen MR) is 256 cm³/mol. The maximum absolute atomic E-state index is 13.7. The molecule has 4 fully saturated rings. The van der Waals surface area contributed by atoms with Crippen molar-refractivity contribution < 1.29 is 53.1 Å². The summed E-state index contributed by atoms with van der Waals surface area (Å²) in [6.45, 7) is 17.3. The van der Waals surface area contributed by atoms with Gasteiger partial charge in [0, 0.05) is 13.5 Å². The smallest absolute Gasteiger partial charge is 0.404 e. The fourth-order valence-electron chi connectivity index (χ4n) is 9.98. The molecule has 1 heterocycles. The normalized spacial score (nSPS) is 23.5. The lowest BCUT2D eigenvalue weighted by Gasteiger charge is -2.64. The third kappa shape index (κ3) is 16.4. The molecule has 3 aliphatic carbocycles. The molecule has 7 amide bonds. The van der Waals surface area contributed by atoms with Gasteiger partial charge < -0.3 is 56.3 Å². The second-order valence-corrected chi connectivity index (χ2v) is 20.8. The van der Waals surface area contributed by atoms with Gasteiger partial charge in [-0.05, 0) is 83.5 Å². The van der Waals surface area contributed by atoms with E-state index in [0.717, 1.165) is 37.0 Å². The Labute approximate surface area is 400 Å². The molecule has 2 bridgehead atoms. The first-order valence-electron chi connectivity index (χ1n) is 25.1. The maximum atomic E-state index is 13.7. The molecule has 0 aromatic heterocycles. The summed E-state index contributed by atoms with van der Waals surface area (Å²) in [7, 11) is 0.601. The molecule has 8 N–H and O–H groups in total. The van der Waals surface area contributed by atoms with Gasteiger partial charge in [-0.2, -0.15) is 0 Å². The van der Waals surface area contributed by atoms with Gasteiger partial charge in [0.15, 0.2) is 0 Å². The number of carbonyl (C=O) groups excluding carboxylic acids is 7. The number of aliphatic hydroxyl groups is 2. The Bertz CT molecular complexity index is 1670. The Morgan fingerprint density at radius 3 is 1.81 bits per heavy atom. The Morgan fingerprint density at radius 2 is 1.25 bits per heavy atom. The number of carbonyl (C=O) groups is 7. The first kappa shape index (κ1) is 57.5. The standard InChI is InChI=1S/C48H86BN7O11/c1-12-13-14-15-16-17-18-19-20-21-22-23-39(59)54-36(28-57)45(64)51-30(4)42(61)50-27-40(60)56(11)41(32(6)58)46(65)52-31(5)43(62)55-35(24-29(2)3)44(63)53-33(7)49-66-38-26-34-25-37(47(34,8)9)48(38,10)67-49/h29-38,41,57-58H,12-28H2,1-11H3,(H,50,61)(H,51,64)(H,52,65)(H,53,63)(H,54,59)(H,55,62)/t30-,31+,32?,33+,34+,35?,36-,37+,38?,41?,48+/m1/s1. The molecule has 0 aromatic carbocycles. The highest BCUT2D eigenvalue weighted by Gasteiger charge is 2.68. The minimum Gasteiger partial charge on any atom is -0.404 e. The molecule has 11 atom stereocenters. The molecular formula is C48H86BN7O11. The molecule has 1 saturated heterocycles. The maximum Gasteiger partial charge on any atom is 0.481 e. The lowest BCUT2D eigenvalue weighted by Crippen LogP contribution is -2.65. The van der Waals surface area contributed by atoms with Crippen LogP contribution in [0.15, 0.2) is 0 Å². The minimum absolute atomic E-state index is 0.0176. The molecule has 0 aromatic rings. The van der Waals surface area contributed by atoms with Gasteiger partial charge in [0.05, 0.1) is 36.9 Å². The summed E-state index contributed by atoms with van der Waals surface area (Å²) >= 11 is 0. The van der Waals surface area contributed by atoms with E-state index in [1.54, 1.807) is 0 Å². The number of aliphatic hydroxyl groups excluding tert-OH is 2. The molecule has 3 saturated carbocycles. The average molecular weight is 948 g/mol. The van der Waals surface area contributed by atoms with Gasteiger partial charge in [0.2, 0.25) is 41.4 Å². The average Bonchev–Trinajstić information content (AvgIpc) is 3.63. The van der Waals surface area contributed by atoms with E-state index in [-0.39, 0.29) is 29.8 Å². The van der Waals surface area contributed by atoms with E-state index in [1.807, 2.05) is 20.8 Å². The van der Waals surface area contributed by atoms with E-state index in [0.29, 0.717) is 24.7 Å². The van der Waals surface area contributed by atoms with Gasteiger partial charge in [-0.15, -0.1) is 0 Å². The fraction of sp³-hybridized carbons (Fsp3) is 0.854. The molecule has 18 nitrogen and oxygen atoms in total. The van der Waals surface area contributed by atoms with Crippen LogP contribution in [-0.2, 0) is 42.9 Å². The van der Waals surface area contributed by atoms with Crippen LogP contribution in [0.25, 0.3) is 0 Å². The van der Waals surface area contributed by atoms with Gasteiger partial charge >= 0.3 is 7.12 Å².